The molecule has 4 unspecified atom stereocenters. The first-order valence-electron chi connectivity index (χ1n) is 11.5. The van der Waals surface area contributed by atoms with E-state index in [9.17, 15) is 14.4 Å². The van der Waals surface area contributed by atoms with E-state index >= 15 is 0 Å². The standard InChI is InChI=1S/C25H36O4/c1-15-6-9-22-20-8-7-18-14-19(28)10-12-23(18,4)21(20)11-13-24(22,5)25(15,16(2)26)29-17(3)27/h14-15,20-22H,6-13H2,1-5H3/t15?,20-,21+,22+,23?,24?,25?/m1/s1. The highest BCUT2D eigenvalue weighted by Gasteiger charge is 2.67. The minimum Gasteiger partial charge on any atom is -0.450 e. The van der Waals surface area contributed by atoms with Crippen molar-refractivity contribution in [3.05, 3.63) is 11.6 Å². The quantitative estimate of drug-likeness (QED) is 0.609. The molecule has 4 aliphatic rings. The Bertz CT molecular complexity index is 782. The number of hydrogen-bond acceptors (Lipinski definition) is 4. The van der Waals surface area contributed by atoms with E-state index in [1.54, 1.807) is 6.92 Å². The van der Waals surface area contributed by atoms with E-state index in [-0.39, 0.29) is 34.3 Å². The molecule has 0 spiro atoms. The SMILES string of the molecule is CC(=O)OC1(C(C)=O)C(C)CC[C@H]2[C@@H]3CCC4=CC(=O)CCC4(C)[C@H]3CCC21C. The summed E-state index contributed by atoms with van der Waals surface area (Å²) in [5, 5.41) is 0. The van der Waals surface area contributed by atoms with E-state index < -0.39 is 5.60 Å². The lowest BCUT2D eigenvalue weighted by atomic mass is 9.40. The Balaban J connectivity index is 1.75. The van der Waals surface area contributed by atoms with Gasteiger partial charge in [0.1, 0.15) is 0 Å². The van der Waals surface area contributed by atoms with Crippen LogP contribution in [-0.4, -0.2) is 23.1 Å². The summed E-state index contributed by atoms with van der Waals surface area (Å²) in [4.78, 5) is 37.2. The monoisotopic (exact) mass is 400 g/mol. The van der Waals surface area contributed by atoms with Crippen LogP contribution >= 0.6 is 0 Å². The minimum absolute atomic E-state index is 0.0109. The largest absolute Gasteiger partial charge is 0.450 e. The van der Waals surface area contributed by atoms with Crippen molar-refractivity contribution in [1.82, 2.24) is 0 Å². The molecule has 0 aromatic heterocycles. The van der Waals surface area contributed by atoms with Crippen LogP contribution in [-0.2, 0) is 19.1 Å². The van der Waals surface area contributed by atoms with E-state index in [1.807, 2.05) is 6.08 Å². The lowest BCUT2D eigenvalue weighted by molar-refractivity contribution is -0.227. The van der Waals surface area contributed by atoms with E-state index in [2.05, 4.69) is 20.8 Å². The molecule has 4 nitrogen and oxygen atoms in total. The van der Waals surface area contributed by atoms with Crippen LogP contribution in [0.1, 0.15) is 86.0 Å². The normalized spacial score (nSPS) is 46.7. The second-order valence-electron chi connectivity index (χ2n) is 10.8. The molecule has 29 heavy (non-hydrogen) atoms. The van der Waals surface area contributed by atoms with Gasteiger partial charge in [-0.3, -0.25) is 14.4 Å². The third-order valence-corrected chi connectivity index (χ3v) is 9.63. The Hall–Kier alpha value is -1.45. The molecule has 3 saturated carbocycles. The first-order valence-corrected chi connectivity index (χ1v) is 11.5. The van der Waals surface area contributed by atoms with Crippen molar-refractivity contribution < 1.29 is 19.1 Å². The van der Waals surface area contributed by atoms with Gasteiger partial charge in [0.15, 0.2) is 17.2 Å². The number of carbonyl (C=O) groups is 3. The molecule has 4 aliphatic carbocycles. The number of allylic oxidation sites excluding steroid dienone is 2. The number of Topliss-reactive ketones (excluding diaryl/α,β-unsaturated/α-hetero) is 1. The predicted octanol–water partition coefficient (Wildman–Crippen LogP) is 5.05. The van der Waals surface area contributed by atoms with Gasteiger partial charge in [-0.05, 0) is 81.1 Å². The van der Waals surface area contributed by atoms with Crippen molar-refractivity contribution in [3.63, 3.8) is 0 Å². The van der Waals surface area contributed by atoms with Crippen molar-refractivity contribution in [2.75, 3.05) is 0 Å². The molecule has 0 bridgehead atoms. The molecular weight excluding hydrogens is 364 g/mol. The fourth-order valence-corrected chi connectivity index (χ4v) is 8.33. The number of esters is 1. The fraction of sp³-hybridized carbons (Fsp3) is 0.800. The molecule has 0 aromatic rings. The molecule has 0 saturated heterocycles. The number of hydrogen-bond donors (Lipinski definition) is 0. The molecule has 7 atom stereocenters. The number of carbonyl (C=O) groups excluding carboxylic acids is 3. The van der Waals surface area contributed by atoms with Crippen molar-refractivity contribution in [3.8, 4) is 0 Å². The first kappa shape index (κ1) is 20.8. The van der Waals surface area contributed by atoms with Crippen LogP contribution in [0.25, 0.3) is 0 Å². The molecule has 0 amide bonds. The number of ketones is 2. The van der Waals surface area contributed by atoms with Gasteiger partial charge in [0.05, 0.1) is 0 Å². The zero-order valence-electron chi connectivity index (χ0n) is 18.7. The van der Waals surface area contributed by atoms with Crippen LogP contribution in [0.4, 0.5) is 0 Å². The Morgan fingerprint density at radius 3 is 2.38 bits per heavy atom. The lowest BCUT2D eigenvalue weighted by Crippen LogP contribution is -2.67. The van der Waals surface area contributed by atoms with Gasteiger partial charge in [0, 0.05) is 24.7 Å². The third kappa shape index (κ3) is 2.73. The van der Waals surface area contributed by atoms with Crippen LogP contribution in [0, 0.1) is 34.5 Å². The molecular formula is C25H36O4. The second kappa shape index (κ2) is 6.78. The lowest BCUT2D eigenvalue weighted by Gasteiger charge is -2.65. The molecule has 0 aliphatic heterocycles. The van der Waals surface area contributed by atoms with Gasteiger partial charge in [-0.15, -0.1) is 0 Å². The Kier molecular flexibility index (Phi) is 4.87. The van der Waals surface area contributed by atoms with Gasteiger partial charge in [-0.25, -0.2) is 0 Å². The van der Waals surface area contributed by atoms with E-state index in [0.717, 1.165) is 44.9 Å². The minimum atomic E-state index is -1.01. The summed E-state index contributed by atoms with van der Waals surface area (Å²) in [6.45, 7) is 9.75. The Morgan fingerprint density at radius 1 is 1.00 bits per heavy atom. The molecule has 0 heterocycles. The number of rotatable bonds is 2. The van der Waals surface area contributed by atoms with Gasteiger partial charge in [-0.2, -0.15) is 0 Å². The highest BCUT2D eigenvalue weighted by atomic mass is 16.6. The number of fused-ring (bicyclic) bond motifs is 5. The van der Waals surface area contributed by atoms with Gasteiger partial charge in [-0.1, -0.05) is 26.3 Å². The average molecular weight is 401 g/mol. The predicted molar refractivity (Wildman–Crippen MR) is 111 cm³/mol. The Morgan fingerprint density at radius 2 is 1.72 bits per heavy atom. The summed E-state index contributed by atoms with van der Waals surface area (Å²) in [5.74, 6) is 1.48. The molecule has 160 valence electrons. The molecule has 4 rings (SSSR count). The highest BCUT2D eigenvalue weighted by molar-refractivity contribution is 5.91. The smallest absolute Gasteiger partial charge is 0.303 e. The fourth-order valence-electron chi connectivity index (χ4n) is 8.33. The highest BCUT2D eigenvalue weighted by Crippen LogP contribution is 2.67. The molecule has 4 heteroatoms. The van der Waals surface area contributed by atoms with Crippen LogP contribution in [0.15, 0.2) is 11.6 Å². The summed E-state index contributed by atoms with van der Waals surface area (Å²) in [7, 11) is 0. The molecule has 0 aromatic carbocycles. The van der Waals surface area contributed by atoms with Crippen LogP contribution in [0.2, 0.25) is 0 Å². The van der Waals surface area contributed by atoms with Crippen molar-refractivity contribution in [1.29, 1.82) is 0 Å². The summed E-state index contributed by atoms with van der Waals surface area (Å²) in [6, 6.07) is 0. The average Bonchev–Trinajstić information content (AvgIpc) is 2.64. The van der Waals surface area contributed by atoms with Crippen molar-refractivity contribution in [2.45, 2.75) is 91.6 Å². The zero-order chi connectivity index (χ0) is 21.2. The van der Waals surface area contributed by atoms with Gasteiger partial charge in [0.2, 0.25) is 0 Å². The maximum absolute atomic E-state index is 13.1. The topological polar surface area (TPSA) is 60.4 Å². The summed E-state index contributed by atoms with van der Waals surface area (Å²) in [6.07, 6.45) is 9.61. The Labute approximate surface area is 174 Å². The second-order valence-corrected chi connectivity index (χ2v) is 10.8. The van der Waals surface area contributed by atoms with Gasteiger partial charge < -0.3 is 4.74 Å². The summed E-state index contributed by atoms with van der Waals surface area (Å²) >= 11 is 0. The van der Waals surface area contributed by atoms with Crippen LogP contribution in [0.5, 0.6) is 0 Å². The van der Waals surface area contributed by atoms with E-state index in [4.69, 9.17) is 4.74 Å². The van der Waals surface area contributed by atoms with Gasteiger partial charge >= 0.3 is 5.97 Å². The maximum Gasteiger partial charge on any atom is 0.303 e. The van der Waals surface area contributed by atoms with Crippen LogP contribution < -0.4 is 0 Å². The van der Waals surface area contributed by atoms with Crippen LogP contribution in [0.3, 0.4) is 0 Å². The van der Waals surface area contributed by atoms with E-state index in [1.165, 1.54) is 12.5 Å². The third-order valence-electron chi connectivity index (χ3n) is 9.63. The molecule has 3 fully saturated rings. The first-order chi connectivity index (χ1) is 13.6. The molecule has 0 radical (unpaired) electrons. The van der Waals surface area contributed by atoms with Gasteiger partial charge in [0.25, 0.3) is 0 Å². The molecule has 0 N–H and O–H groups in total. The van der Waals surface area contributed by atoms with Crippen molar-refractivity contribution >= 4 is 17.5 Å². The summed E-state index contributed by atoms with van der Waals surface area (Å²) < 4.78 is 6.01. The summed E-state index contributed by atoms with van der Waals surface area (Å²) in [5.41, 5.74) is 0.153. The van der Waals surface area contributed by atoms with Crippen molar-refractivity contribution in [2.24, 2.45) is 34.5 Å². The van der Waals surface area contributed by atoms with E-state index in [0.29, 0.717) is 24.2 Å². The zero-order valence-corrected chi connectivity index (χ0v) is 18.7. The number of ether oxygens (including phenoxy) is 1. The maximum atomic E-state index is 13.1.